The molecule has 2 aromatic heterocycles. The van der Waals surface area contributed by atoms with Crippen LogP contribution < -0.4 is 10.1 Å². The Bertz CT molecular complexity index is 508. The second kappa shape index (κ2) is 4.82. The molecule has 0 radical (unpaired) electrons. The largest absolute Gasteiger partial charge is 0.481 e. The zero-order chi connectivity index (χ0) is 12.3. The molecule has 2 heterocycles. The van der Waals surface area contributed by atoms with E-state index in [0.29, 0.717) is 12.4 Å². The number of anilines is 1. The lowest BCUT2D eigenvalue weighted by atomic mass is 10.2. The van der Waals surface area contributed by atoms with E-state index in [-0.39, 0.29) is 0 Å². The molecule has 0 aliphatic heterocycles. The van der Waals surface area contributed by atoms with E-state index < -0.39 is 0 Å². The molecule has 0 fully saturated rings. The average molecular weight is 233 g/mol. The predicted molar refractivity (Wildman–Crippen MR) is 63.9 cm³/mol. The molecule has 90 valence electrons. The summed E-state index contributed by atoms with van der Waals surface area (Å²) in [6.45, 7) is 2.71. The highest BCUT2D eigenvalue weighted by molar-refractivity contribution is 5.38. The molecule has 0 spiro atoms. The van der Waals surface area contributed by atoms with Crippen LogP contribution in [0.4, 0.5) is 5.82 Å². The van der Waals surface area contributed by atoms with E-state index in [2.05, 4.69) is 20.4 Å². The summed E-state index contributed by atoms with van der Waals surface area (Å²) in [5, 5.41) is 7.39. The van der Waals surface area contributed by atoms with Crippen LogP contribution in [0.15, 0.2) is 18.6 Å². The lowest BCUT2D eigenvalue weighted by Crippen LogP contribution is -2.03. The smallest absolute Gasteiger partial charge is 0.218 e. The van der Waals surface area contributed by atoms with Crippen molar-refractivity contribution in [2.24, 2.45) is 7.05 Å². The van der Waals surface area contributed by atoms with E-state index >= 15 is 0 Å². The maximum absolute atomic E-state index is 5.03. The highest BCUT2D eigenvalue weighted by Crippen LogP contribution is 2.12. The van der Waals surface area contributed by atoms with E-state index in [0.717, 1.165) is 17.1 Å². The summed E-state index contributed by atoms with van der Waals surface area (Å²) in [6.07, 6.45) is 3.32. The van der Waals surface area contributed by atoms with Crippen LogP contribution in [0.1, 0.15) is 11.3 Å². The topological polar surface area (TPSA) is 64.9 Å². The summed E-state index contributed by atoms with van der Waals surface area (Å²) in [7, 11) is 3.50. The fraction of sp³-hybridized carbons (Fsp3) is 0.364. The van der Waals surface area contributed by atoms with E-state index in [1.54, 1.807) is 13.2 Å². The van der Waals surface area contributed by atoms with Crippen molar-refractivity contribution in [3.8, 4) is 5.88 Å². The first kappa shape index (κ1) is 11.4. The Kier molecular flexibility index (Phi) is 3.22. The Morgan fingerprint density at radius 3 is 2.88 bits per heavy atom. The van der Waals surface area contributed by atoms with Crippen LogP contribution in [-0.4, -0.2) is 26.9 Å². The SMILES string of the molecule is COc1cc(NCc2cnn(C)c2C)ncn1. The van der Waals surface area contributed by atoms with Crippen LogP contribution in [0.25, 0.3) is 0 Å². The molecule has 2 rings (SSSR count). The molecule has 0 amide bonds. The number of hydrogen-bond acceptors (Lipinski definition) is 5. The van der Waals surface area contributed by atoms with Crippen molar-refractivity contribution in [3.05, 3.63) is 29.8 Å². The molecular weight excluding hydrogens is 218 g/mol. The average Bonchev–Trinajstić information content (AvgIpc) is 2.68. The number of methoxy groups -OCH3 is 1. The number of nitrogens with zero attached hydrogens (tertiary/aromatic N) is 4. The Morgan fingerprint density at radius 2 is 2.24 bits per heavy atom. The van der Waals surface area contributed by atoms with Crippen LogP contribution in [0.2, 0.25) is 0 Å². The van der Waals surface area contributed by atoms with E-state index in [9.17, 15) is 0 Å². The van der Waals surface area contributed by atoms with Gasteiger partial charge in [-0.25, -0.2) is 9.97 Å². The third-order valence-electron chi connectivity index (χ3n) is 2.65. The summed E-state index contributed by atoms with van der Waals surface area (Å²) < 4.78 is 6.87. The fourth-order valence-corrected chi connectivity index (χ4v) is 1.45. The Morgan fingerprint density at radius 1 is 1.41 bits per heavy atom. The number of hydrogen-bond donors (Lipinski definition) is 1. The predicted octanol–water partition coefficient (Wildman–Crippen LogP) is 1.14. The molecule has 0 atom stereocenters. The van der Waals surface area contributed by atoms with Crippen molar-refractivity contribution in [2.75, 3.05) is 12.4 Å². The van der Waals surface area contributed by atoms with Crippen molar-refractivity contribution in [1.82, 2.24) is 19.7 Å². The van der Waals surface area contributed by atoms with Crippen molar-refractivity contribution in [2.45, 2.75) is 13.5 Å². The van der Waals surface area contributed by atoms with Crippen LogP contribution in [0.5, 0.6) is 5.88 Å². The third-order valence-corrected chi connectivity index (χ3v) is 2.65. The molecule has 0 aliphatic rings. The van der Waals surface area contributed by atoms with E-state index in [1.165, 1.54) is 6.33 Å². The van der Waals surface area contributed by atoms with Crippen molar-refractivity contribution in [1.29, 1.82) is 0 Å². The molecular formula is C11H15N5O. The minimum Gasteiger partial charge on any atom is -0.481 e. The van der Waals surface area contributed by atoms with Gasteiger partial charge in [-0.2, -0.15) is 5.10 Å². The molecule has 0 aliphatic carbocycles. The first-order valence-corrected chi connectivity index (χ1v) is 5.28. The summed E-state index contributed by atoms with van der Waals surface area (Å²) in [4.78, 5) is 8.05. The number of aromatic nitrogens is 4. The molecule has 6 nitrogen and oxygen atoms in total. The van der Waals surface area contributed by atoms with Crippen LogP contribution in [0.3, 0.4) is 0 Å². The summed E-state index contributed by atoms with van der Waals surface area (Å²) in [5.41, 5.74) is 2.28. The van der Waals surface area contributed by atoms with Gasteiger partial charge in [-0.3, -0.25) is 4.68 Å². The first-order valence-electron chi connectivity index (χ1n) is 5.28. The standard InChI is InChI=1S/C11H15N5O/c1-8-9(6-15-16(8)2)5-12-10-4-11(17-3)14-7-13-10/h4,6-7H,5H2,1-3H3,(H,12,13,14). The monoisotopic (exact) mass is 233 g/mol. The van der Waals surface area contributed by atoms with Crippen LogP contribution in [0, 0.1) is 6.92 Å². The number of nitrogens with one attached hydrogen (secondary N) is 1. The number of ether oxygens (including phenoxy) is 1. The Hall–Kier alpha value is -2.11. The first-order chi connectivity index (χ1) is 8.20. The fourth-order valence-electron chi connectivity index (χ4n) is 1.45. The minimum absolute atomic E-state index is 0.547. The van der Waals surface area contributed by atoms with E-state index in [1.807, 2.05) is 24.9 Å². The van der Waals surface area contributed by atoms with Gasteiger partial charge in [0, 0.05) is 30.9 Å². The zero-order valence-corrected chi connectivity index (χ0v) is 10.1. The molecule has 0 saturated heterocycles. The van der Waals surface area contributed by atoms with Gasteiger partial charge < -0.3 is 10.1 Å². The summed E-state index contributed by atoms with van der Waals surface area (Å²) in [5.74, 6) is 1.28. The number of aryl methyl sites for hydroxylation is 1. The van der Waals surface area contributed by atoms with Gasteiger partial charge in [0.1, 0.15) is 12.1 Å². The second-order valence-corrected chi connectivity index (χ2v) is 3.68. The molecule has 0 unspecified atom stereocenters. The Balaban J connectivity index is 2.04. The second-order valence-electron chi connectivity index (χ2n) is 3.68. The van der Waals surface area contributed by atoms with Crippen molar-refractivity contribution < 1.29 is 4.74 Å². The molecule has 17 heavy (non-hydrogen) atoms. The van der Waals surface area contributed by atoms with Crippen molar-refractivity contribution >= 4 is 5.82 Å². The van der Waals surface area contributed by atoms with Crippen LogP contribution in [-0.2, 0) is 13.6 Å². The zero-order valence-electron chi connectivity index (χ0n) is 10.1. The highest BCUT2D eigenvalue weighted by Gasteiger charge is 2.04. The summed E-state index contributed by atoms with van der Waals surface area (Å²) in [6, 6.07) is 1.76. The molecule has 0 aromatic carbocycles. The van der Waals surface area contributed by atoms with Gasteiger partial charge in [0.05, 0.1) is 13.3 Å². The molecule has 2 aromatic rings. The molecule has 0 saturated carbocycles. The minimum atomic E-state index is 0.547. The third kappa shape index (κ3) is 2.52. The lowest BCUT2D eigenvalue weighted by molar-refractivity contribution is 0.397. The van der Waals surface area contributed by atoms with Gasteiger partial charge in [-0.15, -0.1) is 0 Å². The maximum Gasteiger partial charge on any atom is 0.218 e. The maximum atomic E-state index is 5.03. The van der Waals surface area contributed by atoms with Gasteiger partial charge in [-0.05, 0) is 6.92 Å². The van der Waals surface area contributed by atoms with Crippen molar-refractivity contribution in [3.63, 3.8) is 0 Å². The van der Waals surface area contributed by atoms with Crippen LogP contribution >= 0.6 is 0 Å². The van der Waals surface area contributed by atoms with Gasteiger partial charge in [0.15, 0.2) is 0 Å². The quantitative estimate of drug-likeness (QED) is 0.857. The van der Waals surface area contributed by atoms with Gasteiger partial charge >= 0.3 is 0 Å². The number of rotatable bonds is 4. The highest BCUT2D eigenvalue weighted by atomic mass is 16.5. The molecule has 1 N–H and O–H groups in total. The normalized spacial score (nSPS) is 10.3. The summed E-state index contributed by atoms with van der Waals surface area (Å²) >= 11 is 0. The van der Waals surface area contributed by atoms with Gasteiger partial charge in [-0.1, -0.05) is 0 Å². The van der Waals surface area contributed by atoms with Gasteiger partial charge in [0.2, 0.25) is 5.88 Å². The van der Waals surface area contributed by atoms with Gasteiger partial charge in [0.25, 0.3) is 0 Å². The molecule has 6 heteroatoms. The molecule has 0 bridgehead atoms. The lowest BCUT2D eigenvalue weighted by Gasteiger charge is -2.06. The van der Waals surface area contributed by atoms with E-state index in [4.69, 9.17) is 4.74 Å². The Labute approximate surface area is 99.7 Å².